The average molecular weight is 422 g/mol. The number of hydrogen-bond acceptors (Lipinski definition) is 4. The second-order valence-electron chi connectivity index (χ2n) is 6.28. The van der Waals surface area contributed by atoms with Gasteiger partial charge in [-0.05, 0) is 24.3 Å². The van der Waals surface area contributed by atoms with Crippen molar-refractivity contribution in [3.05, 3.63) is 90.5 Å². The van der Waals surface area contributed by atoms with E-state index in [1.54, 1.807) is 0 Å². The van der Waals surface area contributed by atoms with Crippen LogP contribution in [0, 0.1) is 11.6 Å². The fourth-order valence-electron chi connectivity index (χ4n) is 2.87. The van der Waals surface area contributed by atoms with Gasteiger partial charge in [0.1, 0.15) is 17.3 Å². The highest BCUT2D eigenvalue weighted by Crippen LogP contribution is 2.28. The number of nitrogens with zero attached hydrogens (tertiary/aromatic N) is 3. The van der Waals surface area contributed by atoms with Crippen LogP contribution in [0.5, 0.6) is 0 Å². The number of carbonyl (C=O) groups excluding carboxylic acids is 1. The maximum atomic E-state index is 13.8. The molecule has 0 bridgehead atoms. The van der Waals surface area contributed by atoms with Crippen LogP contribution in [0.2, 0.25) is 0 Å². The number of thioether (sulfide) groups is 1. The summed E-state index contributed by atoms with van der Waals surface area (Å²) in [6.07, 6.45) is 0. The molecular formula is C22H16F2N4OS. The molecule has 8 heteroatoms. The van der Waals surface area contributed by atoms with Crippen LogP contribution < -0.4 is 5.32 Å². The molecule has 1 heterocycles. The Bertz CT molecular complexity index is 1150. The normalized spacial score (nSPS) is 10.7. The van der Waals surface area contributed by atoms with Gasteiger partial charge >= 0.3 is 0 Å². The van der Waals surface area contributed by atoms with Crippen molar-refractivity contribution in [3.63, 3.8) is 0 Å². The van der Waals surface area contributed by atoms with E-state index in [0.717, 1.165) is 35.1 Å². The van der Waals surface area contributed by atoms with E-state index in [2.05, 4.69) is 15.5 Å². The molecule has 0 aliphatic carbocycles. The van der Waals surface area contributed by atoms with E-state index in [1.165, 1.54) is 6.07 Å². The Morgan fingerprint density at radius 2 is 1.50 bits per heavy atom. The summed E-state index contributed by atoms with van der Waals surface area (Å²) in [4.78, 5) is 12.3. The SMILES string of the molecule is O=C(CSc1nnc(-c2ccccc2)n1-c1ccccc1)Nc1c(F)cccc1F. The molecule has 0 fully saturated rings. The largest absolute Gasteiger partial charge is 0.320 e. The smallest absolute Gasteiger partial charge is 0.235 e. The van der Waals surface area contributed by atoms with E-state index in [4.69, 9.17) is 0 Å². The van der Waals surface area contributed by atoms with Crippen molar-refractivity contribution in [1.82, 2.24) is 14.8 Å². The van der Waals surface area contributed by atoms with Gasteiger partial charge in [-0.1, -0.05) is 66.4 Å². The number of nitrogens with one attached hydrogen (secondary N) is 1. The van der Waals surface area contributed by atoms with Crippen LogP contribution in [0.1, 0.15) is 0 Å². The van der Waals surface area contributed by atoms with Gasteiger partial charge in [0.2, 0.25) is 5.91 Å². The number of carbonyl (C=O) groups is 1. The van der Waals surface area contributed by atoms with Gasteiger partial charge in [0.15, 0.2) is 11.0 Å². The lowest BCUT2D eigenvalue weighted by Crippen LogP contribution is -2.16. The number of aromatic nitrogens is 3. The van der Waals surface area contributed by atoms with Gasteiger partial charge in [-0.25, -0.2) is 8.78 Å². The summed E-state index contributed by atoms with van der Waals surface area (Å²) in [6.45, 7) is 0. The third-order valence-electron chi connectivity index (χ3n) is 4.24. The molecule has 1 aromatic heterocycles. The van der Waals surface area contributed by atoms with Gasteiger partial charge in [0, 0.05) is 11.3 Å². The molecule has 3 aromatic carbocycles. The summed E-state index contributed by atoms with van der Waals surface area (Å²) in [5, 5.41) is 11.3. The summed E-state index contributed by atoms with van der Waals surface area (Å²) in [5.74, 6) is -1.66. The number of amides is 1. The molecule has 0 radical (unpaired) electrons. The minimum Gasteiger partial charge on any atom is -0.320 e. The zero-order chi connectivity index (χ0) is 20.9. The van der Waals surface area contributed by atoms with Crippen molar-refractivity contribution >= 4 is 23.4 Å². The van der Waals surface area contributed by atoms with Crippen LogP contribution in [0.4, 0.5) is 14.5 Å². The molecule has 0 saturated carbocycles. The molecule has 30 heavy (non-hydrogen) atoms. The van der Waals surface area contributed by atoms with Gasteiger partial charge in [-0.2, -0.15) is 0 Å². The number of benzene rings is 3. The van der Waals surface area contributed by atoms with Crippen LogP contribution in [-0.2, 0) is 4.79 Å². The fourth-order valence-corrected chi connectivity index (χ4v) is 3.62. The maximum Gasteiger partial charge on any atom is 0.235 e. The first-order valence-electron chi connectivity index (χ1n) is 9.06. The van der Waals surface area contributed by atoms with E-state index < -0.39 is 23.2 Å². The Hall–Kier alpha value is -3.52. The standard InChI is InChI=1S/C22H16F2N4OS/c23-17-12-7-13-18(24)20(17)25-19(29)14-30-22-27-26-21(15-8-3-1-4-9-15)28(22)16-10-5-2-6-11-16/h1-13H,14H2,(H,25,29). The monoisotopic (exact) mass is 422 g/mol. The van der Waals surface area contributed by atoms with E-state index >= 15 is 0 Å². The lowest BCUT2D eigenvalue weighted by molar-refractivity contribution is -0.113. The van der Waals surface area contributed by atoms with Gasteiger partial charge in [-0.15, -0.1) is 10.2 Å². The van der Waals surface area contributed by atoms with Gasteiger partial charge in [0.05, 0.1) is 5.75 Å². The molecule has 1 amide bonds. The predicted octanol–water partition coefficient (Wildman–Crippen LogP) is 4.94. The highest BCUT2D eigenvalue weighted by Gasteiger charge is 2.18. The van der Waals surface area contributed by atoms with Crippen molar-refractivity contribution < 1.29 is 13.6 Å². The number of rotatable bonds is 6. The number of anilines is 1. The van der Waals surface area contributed by atoms with Gasteiger partial charge in [-0.3, -0.25) is 9.36 Å². The first-order chi connectivity index (χ1) is 14.6. The van der Waals surface area contributed by atoms with Crippen molar-refractivity contribution in [2.75, 3.05) is 11.1 Å². The van der Waals surface area contributed by atoms with Crippen LogP contribution in [0.25, 0.3) is 17.1 Å². The van der Waals surface area contributed by atoms with Crippen molar-refractivity contribution in [3.8, 4) is 17.1 Å². The zero-order valence-corrected chi connectivity index (χ0v) is 16.4. The second-order valence-corrected chi connectivity index (χ2v) is 7.22. The quantitative estimate of drug-likeness (QED) is 0.447. The molecule has 4 aromatic rings. The first-order valence-corrected chi connectivity index (χ1v) is 10.0. The summed E-state index contributed by atoms with van der Waals surface area (Å²) >= 11 is 1.13. The Morgan fingerprint density at radius 3 is 2.17 bits per heavy atom. The van der Waals surface area contributed by atoms with Crippen LogP contribution in [0.3, 0.4) is 0 Å². The number of para-hydroxylation sites is 2. The van der Waals surface area contributed by atoms with Crippen molar-refractivity contribution in [1.29, 1.82) is 0 Å². The molecule has 0 aliphatic rings. The number of halogens is 2. The molecule has 0 aliphatic heterocycles. The Kier molecular flexibility index (Phi) is 5.85. The Labute approximate surface area is 175 Å². The average Bonchev–Trinajstić information content (AvgIpc) is 3.20. The molecule has 4 rings (SSSR count). The Morgan fingerprint density at radius 1 is 0.867 bits per heavy atom. The predicted molar refractivity (Wildman–Crippen MR) is 113 cm³/mol. The lowest BCUT2D eigenvalue weighted by atomic mass is 10.2. The van der Waals surface area contributed by atoms with Gasteiger partial charge in [0.25, 0.3) is 0 Å². The lowest BCUT2D eigenvalue weighted by Gasteiger charge is -2.11. The summed E-state index contributed by atoms with van der Waals surface area (Å²) in [5.41, 5.74) is 1.25. The highest BCUT2D eigenvalue weighted by atomic mass is 32.2. The Balaban J connectivity index is 1.59. The minimum atomic E-state index is -0.827. The van der Waals surface area contributed by atoms with E-state index in [9.17, 15) is 13.6 Å². The van der Waals surface area contributed by atoms with Gasteiger partial charge < -0.3 is 5.32 Å². The first kappa shape index (κ1) is 19.8. The zero-order valence-electron chi connectivity index (χ0n) is 15.6. The molecule has 5 nitrogen and oxygen atoms in total. The van der Waals surface area contributed by atoms with E-state index in [0.29, 0.717) is 11.0 Å². The maximum absolute atomic E-state index is 13.8. The summed E-state index contributed by atoms with van der Waals surface area (Å²) in [6, 6.07) is 22.5. The van der Waals surface area contributed by atoms with Crippen LogP contribution >= 0.6 is 11.8 Å². The molecule has 0 atom stereocenters. The fraction of sp³-hybridized carbons (Fsp3) is 0.0455. The van der Waals surface area contributed by atoms with Crippen LogP contribution in [-0.4, -0.2) is 26.4 Å². The summed E-state index contributed by atoms with van der Waals surface area (Å²) in [7, 11) is 0. The second kappa shape index (κ2) is 8.87. The number of hydrogen-bond donors (Lipinski definition) is 1. The third kappa shape index (κ3) is 4.23. The molecule has 1 N–H and O–H groups in total. The molecular weight excluding hydrogens is 406 g/mol. The minimum absolute atomic E-state index is 0.0898. The third-order valence-corrected chi connectivity index (χ3v) is 5.17. The van der Waals surface area contributed by atoms with Crippen molar-refractivity contribution in [2.45, 2.75) is 5.16 Å². The highest BCUT2D eigenvalue weighted by molar-refractivity contribution is 7.99. The van der Waals surface area contributed by atoms with Crippen LogP contribution in [0.15, 0.2) is 84.0 Å². The molecule has 150 valence electrons. The van der Waals surface area contributed by atoms with E-state index in [1.807, 2.05) is 65.2 Å². The topological polar surface area (TPSA) is 59.8 Å². The van der Waals surface area contributed by atoms with Crippen molar-refractivity contribution in [2.24, 2.45) is 0 Å². The molecule has 0 spiro atoms. The van der Waals surface area contributed by atoms with E-state index in [-0.39, 0.29) is 5.75 Å². The molecule has 0 unspecified atom stereocenters. The summed E-state index contributed by atoms with van der Waals surface area (Å²) < 4.78 is 29.4. The molecule has 0 saturated heterocycles.